The monoisotopic (exact) mass is 259 g/mol. The van der Waals surface area contributed by atoms with Gasteiger partial charge in [-0.3, -0.25) is 4.79 Å². The molecule has 0 aliphatic heterocycles. The van der Waals surface area contributed by atoms with Crippen LogP contribution in [0.5, 0.6) is 0 Å². The molecule has 2 nitrogen and oxygen atoms in total. The molecule has 1 aliphatic carbocycles. The Hall–Kier alpha value is -1.31. The summed E-state index contributed by atoms with van der Waals surface area (Å²) >= 11 is 0. The highest BCUT2D eigenvalue weighted by molar-refractivity contribution is 5.90. The number of nitrogens with one attached hydrogen (secondary N) is 1. The molecule has 0 heterocycles. The fourth-order valence-corrected chi connectivity index (χ4v) is 2.91. The van der Waals surface area contributed by atoms with Crippen LogP contribution in [0.15, 0.2) is 30.3 Å². The first kappa shape index (κ1) is 14.1. The lowest BCUT2D eigenvalue weighted by molar-refractivity contribution is -0.116. The molecule has 1 fully saturated rings. The van der Waals surface area contributed by atoms with Gasteiger partial charge in [0.15, 0.2) is 0 Å². The number of amides is 1. The summed E-state index contributed by atoms with van der Waals surface area (Å²) in [7, 11) is 0. The van der Waals surface area contributed by atoms with Crippen molar-refractivity contribution < 1.29 is 4.79 Å². The molecule has 1 aromatic rings. The predicted octanol–water partition coefficient (Wildman–Crippen LogP) is 4.77. The molecule has 0 radical (unpaired) electrons. The third-order valence-corrected chi connectivity index (χ3v) is 4.06. The van der Waals surface area contributed by atoms with Crippen LogP contribution < -0.4 is 5.32 Å². The fraction of sp³-hybridized carbons (Fsp3) is 0.588. The summed E-state index contributed by atoms with van der Waals surface area (Å²) in [6.45, 7) is 0. The molecule has 0 atom stereocenters. The van der Waals surface area contributed by atoms with Crippen LogP contribution in [-0.4, -0.2) is 5.91 Å². The van der Waals surface area contributed by atoms with Crippen LogP contribution in [0.25, 0.3) is 0 Å². The van der Waals surface area contributed by atoms with Gasteiger partial charge < -0.3 is 5.32 Å². The molecular weight excluding hydrogens is 234 g/mol. The maximum atomic E-state index is 11.9. The van der Waals surface area contributed by atoms with Gasteiger partial charge in [0, 0.05) is 12.1 Å². The normalized spacial score (nSPS) is 17.5. The highest BCUT2D eigenvalue weighted by atomic mass is 16.1. The second-order valence-corrected chi connectivity index (χ2v) is 5.66. The van der Waals surface area contributed by atoms with Crippen LogP contribution >= 0.6 is 0 Å². The van der Waals surface area contributed by atoms with Crippen molar-refractivity contribution in [2.45, 2.75) is 57.8 Å². The summed E-state index contributed by atoms with van der Waals surface area (Å²) in [5, 5.41) is 2.97. The highest BCUT2D eigenvalue weighted by Crippen LogP contribution is 2.25. The second kappa shape index (κ2) is 7.98. The van der Waals surface area contributed by atoms with Gasteiger partial charge in [-0.2, -0.15) is 0 Å². The van der Waals surface area contributed by atoms with Crippen molar-refractivity contribution in [2.75, 3.05) is 5.32 Å². The van der Waals surface area contributed by atoms with Gasteiger partial charge >= 0.3 is 0 Å². The van der Waals surface area contributed by atoms with Crippen molar-refractivity contribution in [3.63, 3.8) is 0 Å². The summed E-state index contributed by atoms with van der Waals surface area (Å²) in [5.74, 6) is 0.926. The summed E-state index contributed by atoms with van der Waals surface area (Å²) in [6, 6.07) is 9.74. The van der Waals surface area contributed by atoms with E-state index in [1.165, 1.54) is 44.9 Å². The first-order valence-electron chi connectivity index (χ1n) is 7.69. The van der Waals surface area contributed by atoms with E-state index in [1.807, 2.05) is 30.3 Å². The number of rotatable bonds is 4. The molecule has 2 heteroatoms. The van der Waals surface area contributed by atoms with E-state index < -0.39 is 0 Å². The second-order valence-electron chi connectivity index (χ2n) is 5.66. The van der Waals surface area contributed by atoms with Crippen LogP contribution in [0.3, 0.4) is 0 Å². The maximum absolute atomic E-state index is 11.9. The summed E-state index contributed by atoms with van der Waals surface area (Å²) < 4.78 is 0. The van der Waals surface area contributed by atoms with Gasteiger partial charge in [-0.25, -0.2) is 0 Å². The van der Waals surface area contributed by atoms with Gasteiger partial charge in [0.2, 0.25) is 5.91 Å². The summed E-state index contributed by atoms with van der Waals surface area (Å²) in [4.78, 5) is 11.9. The number of benzene rings is 1. The third kappa shape index (κ3) is 5.46. The average Bonchev–Trinajstić information content (AvgIpc) is 2.38. The Balaban J connectivity index is 1.70. The largest absolute Gasteiger partial charge is 0.326 e. The van der Waals surface area contributed by atoms with E-state index in [4.69, 9.17) is 0 Å². The van der Waals surface area contributed by atoms with E-state index in [0.717, 1.165) is 18.0 Å². The van der Waals surface area contributed by atoms with Crippen LogP contribution in [0, 0.1) is 5.92 Å². The molecular formula is C17H25NO. The van der Waals surface area contributed by atoms with Gasteiger partial charge in [-0.1, -0.05) is 63.1 Å². The van der Waals surface area contributed by atoms with Crippen molar-refractivity contribution in [1.29, 1.82) is 0 Å². The third-order valence-electron chi connectivity index (χ3n) is 4.06. The lowest BCUT2D eigenvalue weighted by atomic mass is 9.88. The quantitative estimate of drug-likeness (QED) is 0.829. The van der Waals surface area contributed by atoms with Gasteiger partial charge in [-0.15, -0.1) is 0 Å². The summed E-state index contributed by atoms with van der Waals surface area (Å²) in [6.07, 6.45) is 11.2. The molecule has 1 aromatic carbocycles. The van der Waals surface area contributed by atoms with Gasteiger partial charge in [0.05, 0.1) is 0 Å². The molecule has 1 saturated carbocycles. The van der Waals surface area contributed by atoms with Crippen molar-refractivity contribution in [2.24, 2.45) is 5.92 Å². The number of carbonyl (C=O) groups is 1. The van der Waals surface area contributed by atoms with E-state index in [1.54, 1.807) is 0 Å². The van der Waals surface area contributed by atoms with E-state index in [0.29, 0.717) is 6.42 Å². The minimum absolute atomic E-state index is 0.160. The molecule has 0 bridgehead atoms. The molecule has 0 spiro atoms. The molecule has 104 valence electrons. The topological polar surface area (TPSA) is 29.1 Å². The van der Waals surface area contributed by atoms with E-state index in [9.17, 15) is 4.79 Å². The Bertz CT molecular complexity index is 366. The van der Waals surface area contributed by atoms with Crippen LogP contribution in [0.2, 0.25) is 0 Å². The zero-order valence-electron chi connectivity index (χ0n) is 11.7. The number of hydrogen-bond donors (Lipinski definition) is 1. The molecule has 1 aliphatic rings. The molecule has 2 rings (SSSR count). The Morgan fingerprint density at radius 1 is 1.00 bits per heavy atom. The van der Waals surface area contributed by atoms with E-state index >= 15 is 0 Å². The minimum Gasteiger partial charge on any atom is -0.326 e. The van der Waals surface area contributed by atoms with E-state index in [-0.39, 0.29) is 5.91 Å². The SMILES string of the molecule is O=C(CCC1CCCCCCC1)Nc1ccccc1. The molecule has 19 heavy (non-hydrogen) atoms. The van der Waals surface area contributed by atoms with Crippen molar-refractivity contribution in [3.05, 3.63) is 30.3 Å². The Morgan fingerprint density at radius 3 is 2.32 bits per heavy atom. The van der Waals surface area contributed by atoms with Crippen LogP contribution in [0.1, 0.15) is 57.8 Å². The minimum atomic E-state index is 0.160. The predicted molar refractivity (Wildman–Crippen MR) is 80.1 cm³/mol. The first-order chi connectivity index (χ1) is 9.34. The fourth-order valence-electron chi connectivity index (χ4n) is 2.91. The number of anilines is 1. The first-order valence-corrected chi connectivity index (χ1v) is 7.69. The van der Waals surface area contributed by atoms with Gasteiger partial charge in [0.25, 0.3) is 0 Å². The Labute approximate surface area is 116 Å². The lowest BCUT2D eigenvalue weighted by Crippen LogP contribution is -2.14. The standard InChI is InChI=1S/C17H25NO/c19-17(18-16-11-7-4-8-12-16)14-13-15-9-5-2-1-3-6-10-15/h4,7-8,11-12,15H,1-3,5-6,9-10,13-14H2,(H,18,19). The van der Waals surface area contributed by atoms with Crippen LogP contribution in [-0.2, 0) is 4.79 Å². The number of hydrogen-bond acceptors (Lipinski definition) is 1. The van der Waals surface area contributed by atoms with Crippen molar-refractivity contribution in [3.8, 4) is 0 Å². The van der Waals surface area contributed by atoms with E-state index in [2.05, 4.69) is 5.32 Å². The van der Waals surface area contributed by atoms with Gasteiger partial charge in [0.1, 0.15) is 0 Å². The Morgan fingerprint density at radius 2 is 1.63 bits per heavy atom. The van der Waals surface area contributed by atoms with Crippen molar-refractivity contribution in [1.82, 2.24) is 0 Å². The molecule has 1 N–H and O–H groups in total. The molecule has 0 unspecified atom stereocenters. The number of carbonyl (C=O) groups excluding carboxylic acids is 1. The maximum Gasteiger partial charge on any atom is 0.224 e. The van der Waals surface area contributed by atoms with Crippen molar-refractivity contribution >= 4 is 11.6 Å². The number of para-hydroxylation sites is 1. The smallest absolute Gasteiger partial charge is 0.224 e. The molecule has 0 aromatic heterocycles. The Kier molecular flexibility index (Phi) is 5.93. The summed E-state index contributed by atoms with van der Waals surface area (Å²) in [5.41, 5.74) is 0.908. The zero-order valence-corrected chi connectivity index (χ0v) is 11.7. The molecule has 0 saturated heterocycles. The molecule has 1 amide bonds. The van der Waals surface area contributed by atoms with Gasteiger partial charge in [-0.05, 0) is 24.5 Å². The average molecular weight is 259 g/mol. The zero-order chi connectivity index (χ0) is 13.3. The highest BCUT2D eigenvalue weighted by Gasteiger charge is 2.13. The lowest BCUT2D eigenvalue weighted by Gasteiger charge is -2.19. The van der Waals surface area contributed by atoms with Crippen LogP contribution in [0.4, 0.5) is 5.69 Å².